The number of nitrogens with zero attached hydrogens (tertiary/aromatic N) is 1. The first-order chi connectivity index (χ1) is 9.99. The fourth-order valence-electron chi connectivity index (χ4n) is 3.83. The van der Waals surface area contributed by atoms with Crippen LogP contribution in [0.3, 0.4) is 0 Å². The van der Waals surface area contributed by atoms with Crippen LogP contribution in [-0.4, -0.2) is 46.7 Å². The second kappa shape index (κ2) is 7.10. The van der Waals surface area contributed by atoms with Crippen LogP contribution in [0.2, 0.25) is 0 Å². The molecule has 2 aliphatic carbocycles. The zero-order chi connectivity index (χ0) is 15.5. The molecule has 0 aromatic heterocycles. The average molecular weight is 296 g/mol. The summed E-state index contributed by atoms with van der Waals surface area (Å²) in [5, 5.41) is 13.3. The Morgan fingerprint density at radius 2 is 2.05 bits per heavy atom. The summed E-state index contributed by atoms with van der Waals surface area (Å²) in [4.78, 5) is 14.4. The Kier molecular flexibility index (Phi) is 5.67. The van der Waals surface area contributed by atoms with E-state index >= 15 is 0 Å². The van der Waals surface area contributed by atoms with Gasteiger partial charge in [-0.3, -0.25) is 10.1 Å². The lowest BCUT2D eigenvalue weighted by Gasteiger charge is -2.35. The Balaban J connectivity index is 1.97. The van der Waals surface area contributed by atoms with Crippen LogP contribution in [0.5, 0.6) is 0 Å². The number of nitrogens with one attached hydrogen (secondary N) is 1. The van der Waals surface area contributed by atoms with Gasteiger partial charge < -0.3 is 10.0 Å². The summed E-state index contributed by atoms with van der Waals surface area (Å²) in [7, 11) is 0. The van der Waals surface area contributed by atoms with Crippen LogP contribution >= 0.6 is 0 Å². The molecule has 0 heterocycles. The molecule has 122 valence electrons. The van der Waals surface area contributed by atoms with Gasteiger partial charge >= 0.3 is 5.97 Å². The monoisotopic (exact) mass is 296 g/mol. The molecule has 2 fully saturated rings. The van der Waals surface area contributed by atoms with E-state index in [1.807, 2.05) is 0 Å². The van der Waals surface area contributed by atoms with Crippen molar-refractivity contribution < 1.29 is 9.90 Å². The van der Waals surface area contributed by atoms with Crippen LogP contribution in [0, 0.1) is 5.92 Å². The molecule has 2 N–H and O–H groups in total. The van der Waals surface area contributed by atoms with Gasteiger partial charge in [0.05, 0.1) is 0 Å². The highest BCUT2D eigenvalue weighted by molar-refractivity contribution is 5.80. The van der Waals surface area contributed by atoms with Crippen molar-refractivity contribution in [1.82, 2.24) is 10.2 Å². The Hall–Kier alpha value is -0.610. The molecule has 4 nitrogen and oxygen atoms in total. The Morgan fingerprint density at radius 3 is 2.57 bits per heavy atom. The first-order valence-corrected chi connectivity index (χ1v) is 8.74. The topological polar surface area (TPSA) is 52.6 Å². The van der Waals surface area contributed by atoms with E-state index in [2.05, 4.69) is 31.0 Å². The highest BCUT2D eigenvalue weighted by Gasteiger charge is 2.51. The third-order valence-corrected chi connectivity index (χ3v) is 5.25. The zero-order valence-corrected chi connectivity index (χ0v) is 13.9. The van der Waals surface area contributed by atoms with E-state index in [4.69, 9.17) is 0 Å². The van der Waals surface area contributed by atoms with E-state index in [9.17, 15) is 9.90 Å². The minimum absolute atomic E-state index is 0.286. The molecule has 0 saturated heterocycles. The van der Waals surface area contributed by atoms with Crippen molar-refractivity contribution in [2.24, 2.45) is 5.92 Å². The average Bonchev–Trinajstić information content (AvgIpc) is 3.13. The van der Waals surface area contributed by atoms with Gasteiger partial charge in [-0.15, -0.1) is 0 Å². The van der Waals surface area contributed by atoms with Gasteiger partial charge in [0.15, 0.2) is 0 Å². The molecular weight excluding hydrogens is 264 g/mol. The Bertz CT molecular complexity index is 355. The molecule has 4 heteroatoms. The molecule has 2 unspecified atom stereocenters. The summed E-state index contributed by atoms with van der Waals surface area (Å²) in [5.41, 5.74) is -0.643. The molecular formula is C17H32N2O2. The van der Waals surface area contributed by atoms with E-state index in [0.29, 0.717) is 12.1 Å². The third-order valence-electron chi connectivity index (χ3n) is 5.25. The molecule has 21 heavy (non-hydrogen) atoms. The normalized spacial score (nSPS) is 29.5. The van der Waals surface area contributed by atoms with Crippen LogP contribution < -0.4 is 5.32 Å². The van der Waals surface area contributed by atoms with Crippen molar-refractivity contribution in [3.05, 3.63) is 0 Å². The Morgan fingerprint density at radius 1 is 1.33 bits per heavy atom. The summed E-state index contributed by atoms with van der Waals surface area (Å²) < 4.78 is 0. The van der Waals surface area contributed by atoms with E-state index in [1.165, 1.54) is 0 Å². The molecule has 0 amide bonds. The van der Waals surface area contributed by atoms with E-state index in [0.717, 1.165) is 58.0 Å². The maximum atomic E-state index is 11.9. The van der Waals surface area contributed by atoms with Crippen molar-refractivity contribution in [2.75, 3.05) is 13.1 Å². The zero-order valence-electron chi connectivity index (χ0n) is 13.9. The number of carboxylic acids is 1. The molecule has 0 spiro atoms. The predicted molar refractivity (Wildman–Crippen MR) is 85.5 cm³/mol. The number of rotatable bonds is 9. The molecule has 0 aliphatic heterocycles. The van der Waals surface area contributed by atoms with Gasteiger partial charge in [0.2, 0.25) is 0 Å². The van der Waals surface area contributed by atoms with Crippen molar-refractivity contribution in [2.45, 2.75) is 83.3 Å². The lowest BCUT2D eigenvalue weighted by molar-refractivity contribution is -0.147. The van der Waals surface area contributed by atoms with Gasteiger partial charge in [-0.25, -0.2) is 0 Å². The maximum Gasteiger partial charge on any atom is 0.324 e. The van der Waals surface area contributed by atoms with E-state index < -0.39 is 11.5 Å². The number of hydrogen-bond donors (Lipinski definition) is 2. The summed E-state index contributed by atoms with van der Waals surface area (Å²) in [6, 6.07) is 1.00. The van der Waals surface area contributed by atoms with E-state index in [1.54, 1.807) is 0 Å². The summed E-state index contributed by atoms with van der Waals surface area (Å²) in [6.07, 6.45) is 7.37. The molecule has 0 radical (unpaired) electrons. The lowest BCUT2D eigenvalue weighted by Crippen LogP contribution is -2.56. The van der Waals surface area contributed by atoms with E-state index in [-0.39, 0.29) is 5.92 Å². The standard InChI is InChI=1S/C17H32N2O2/c1-4-11-19(13(2)3)12-9-14-6-5-10-17(14,16(20)21)18-15-7-8-15/h13-15,18H,4-12H2,1-3H3,(H,20,21). The van der Waals surface area contributed by atoms with Gasteiger partial charge in [0.25, 0.3) is 0 Å². The number of hydrogen-bond acceptors (Lipinski definition) is 3. The van der Waals surface area contributed by atoms with Crippen LogP contribution in [0.1, 0.15) is 65.7 Å². The lowest BCUT2D eigenvalue weighted by atomic mass is 9.84. The molecule has 0 aromatic rings. The van der Waals surface area contributed by atoms with Crippen LogP contribution in [0.15, 0.2) is 0 Å². The maximum absolute atomic E-state index is 11.9. The van der Waals surface area contributed by atoms with Gasteiger partial charge in [-0.2, -0.15) is 0 Å². The molecule has 2 saturated carbocycles. The fourth-order valence-corrected chi connectivity index (χ4v) is 3.83. The summed E-state index contributed by atoms with van der Waals surface area (Å²) >= 11 is 0. The van der Waals surface area contributed by atoms with Crippen LogP contribution in [-0.2, 0) is 4.79 Å². The minimum atomic E-state index is -0.643. The SMILES string of the molecule is CCCN(CCC1CCCC1(NC1CC1)C(=O)O)C(C)C. The highest BCUT2D eigenvalue weighted by atomic mass is 16.4. The van der Waals surface area contributed by atoms with Crippen molar-refractivity contribution in [1.29, 1.82) is 0 Å². The number of carboxylic acid groups (broad SMARTS) is 1. The molecule has 2 atom stereocenters. The fraction of sp³-hybridized carbons (Fsp3) is 0.941. The summed E-state index contributed by atoms with van der Waals surface area (Å²) in [5.74, 6) is -0.336. The molecule has 0 bridgehead atoms. The molecule has 2 aliphatic rings. The second-order valence-corrected chi connectivity index (χ2v) is 7.20. The van der Waals surface area contributed by atoms with Crippen LogP contribution in [0.25, 0.3) is 0 Å². The predicted octanol–water partition coefficient (Wildman–Crippen LogP) is 2.87. The molecule has 2 rings (SSSR count). The molecule has 0 aromatic carbocycles. The summed E-state index contributed by atoms with van der Waals surface area (Å²) in [6.45, 7) is 8.81. The Labute approximate surface area is 129 Å². The van der Waals surface area contributed by atoms with Gasteiger partial charge in [0, 0.05) is 12.1 Å². The third kappa shape index (κ3) is 3.98. The highest BCUT2D eigenvalue weighted by Crippen LogP contribution is 2.40. The number of aliphatic carboxylic acids is 1. The minimum Gasteiger partial charge on any atom is -0.480 e. The van der Waals surface area contributed by atoms with Crippen molar-refractivity contribution in [3.63, 3.8) is 0 Å². The first kappa shape index (κ1) is 16.8. The second-order valence-electron chi connectivity index (χ2n) is 7.20. The van der Waals surface area contributed by atoms with Gasteiger partial charge in [-0.1, -0.05) is 13.3 Å². The number of carbonyl (C=O) groups is 1. The quantitative estimate of drug-likeness (QED) is 0.687. The first-order valence-electron chi connectivity index (χ1n) is 8.74. The van der Waals surface area contributed by atoms with Crippen LogP contribution in [0.4, 0.5) is 0 Å². The van der Waals surface area contributed by atoms with Crippen molar-refractivity contribution in [3.8, 4) is 0 Å². The van der Waals surface area contributed by atoms with Crippen molar-refractivity contribution >= 4 is 5.97 Å². The largest absolute Gasteiger partial charge is 0.480 e. The van der Waals surface area contributed by atoms with Gasteiger partial charge in [-0.05, 0) is 71.4 Å². The smallest absolute Gasteiger partial charge is 0.324 e. The van der Waals surface area contributed by atoms with Gasteiger partial charge in [0.1, 0.15) is 5.54 Å².